The fourth-order valence-electron chi connectivity index (χ4n) is 1.59. The van der Waals surface area contributed by atoms with E-state index in [2.05, 4.69) is 0 Å². The second kappa shape index (κ2) is 9.77. The molecule has 2 nitrogen and oxygen atoms in total. The third kappa shape index (κ3) is 7.46. The second-order valence-corrected chi connectivity index (χ2v) is 3.67. The van der Waals surface area contributed by atoms with E-state index in [-0.39, 0.29) is 5.79 Å². The molecular weight excluding hydrogens is 265 g/mol. The first-order valence-electron chi connectivity index (χ1n) is 5.35. The summed E-state index contributed by atoms with van der Waals surface area (Å²) in [5.74, 6) is -0.299. The van der Waals surface area contributed by atoms with E-state index in [0.29, 0.717) is 0 Å². The van der Waals surface area contributed by atoms with Gasteiger partial charge in [0.1, 0.15) is 0 Å². The molecule has 0 radical (unpaired) electrons. The molecule has 0 aromatic heterocycles. The van der Waals surface area contributed by atoms with Gasteiger partial charge in [0, 0.05) is 6.42 Å². The molecule has 0 N–H and O–H groups in total. The van der Waals surface area contributed by atoms with Crippen molar-refractivity contribution in [3.63, 3.8) is 0 Å². The SMILES string of the molecule is [CH-]=CCCCCCC1(C)OCCO1.[Cl][Zn+]. The normalized spacial score (nSPS) is 18.1. The Kier molecular flexibility index (Phi) is 10.1. The molecule has 1 aliphatic rings. The summed E-state index contributed by atoms with van der Waals surface area (Å²) < 4.78 is 11.0. The monoisotopic (exact) mass is 282 g/mol. The van der Waals surface area contributed by atoms with E-state index in [1.807, 2.05) is 6.92 Å². The predicted octanol–water partition coefficient (Wildman–Crippen LogP) is 3.38. The number of allylic oxidation sites excluding steroid dienone is 1. The third-order valence-corrected chi connectivity index (χ3v) is 2.40. The first-order chi connectivity index (χ1) is 7.27. The summed E-state index contributed by atoms with van der Waals surface area (Å²) >= 11 is 0.847. The molecule has 0 aromatic rings. The van der Waals surface area contributed by atoms with Crippen molar-refractivity contribution >= 4 is 9.69 Å². The van der Waals surface area contributed by atoms with Crippen molar-refractivity contribution in [2.75, 3.05) is 13.2 Å². The van der Waals surface area contributed by atoms with Crippen LogP contribution in [0.15, 0.2) is 6.08 Å². The van der Waals surface area contributed by atoms with Gasteiger partial charge in [0.2, 0.25) is 0 Å². The maximum atomic E-state index is 5.49. The van der Waals surface area contributed by atoms with E-state index in [1.54, 1.807) is 6.08 Å². The number of ether oxygens (including phenoxy) is 2. The minimum absolute atomic E-state index is 0.299. The topological polar surface area (TPSA) is 18.5 Å². The van der Waals surface area contributed by atoms with Gasteiger partial charge in [-0.05, 0) is 13.3 Å². The number of hydrogen-bond donors (Lipinski definition) is 0. The second-order valence-electron chi connectivity index (χ2n) is 3.67. The number of hydrogen-bond acceptors (Lipinski definition) is 2. The van der Waals surface area contributed by atoms with Crippen LogP contribution in [-0.2, 0) is 26.8 Å². The van der Waals surface area contributed by atoms with Gasteiger partial charge < -0.3 is 16.1 Å². The summed E-state index contributed by atoms with van der Waals surface area (Å²) in [7, 11) is 4.76. The third-order valence-electron chi connectivity index (χ3n) is 2.40. The van der Waals surface area contributed by atoms with Crippen LogP contribution < -0.4 is 0 Å². The maximum absolute atomic E-state index is 5.49. The Balaban J connectivity index is 0.000000921. The first-order valence-corrected chi connectivity index (χ1v) is 9.25. The van der Waals surface area contributed by atoms with Crippen LogP contribution in [0.1, 0.15) is 39.0 Å². The van der Waals surface area contributed by atoms with Gasteiger partial charge in [0.05, 0.1) is 13.2 Å². The molecule has 0 bridgehead atoms. The summed E-state index contributed by atoms with van der Waals surface area (Å²) in [6, 6.07) is 0. The minimum atomic E-state index is -0.299. The molecular formula is C11H19ClO2Zn. The van der Waals surface area contributed by atoms with Crippen LogP contribution in [0.25, 0.3) is 0 Å². The van der Waals surface area contributed by atoms with Crippen LogP contribution in [-0.4, -0.2) is 19.0 Å². The number of unbranched alkanes of at least 4 members (excludes halogenated alkanes) is 3. The Morgan fingerprint density at radius 3 is 2.40 bits per heavy atom. The molecule has 1 rings (SSSR count). The van der Waals surface area contributed by atoms with Gasteiger partial charge in [-0.25, -0.2) is 0 Å². The van der Waals surface area contributed by atoms with Crippen LogP contribution in [0.4, 0.5) is 0 Å². The molecule has 4 heteroatoms. The Bertz CT molecular complexity index is 159. The van der Waals surface area contributed by atoms with Crippen LogP contribution in [0.3, 0.4) is 0 Å². The Morgan fingerprint density at radius 1 is 1.27 bits per heavy atom. The quantitative estimate of drug-likeness (QED) is 0.423. The molecule has 0 atom stereocenters. The predicted molar refractivity (Wildman–Crippen MR) is 58.1 cm³/mol. The first kappa shape index (κ1) is 15.6. The van der Waals surface area contributed by atoms with Gasteiger partial charge in [-0.2, -0.15) is 0 Å². The molecule has 84 valence electrons. The number of halogens is 1. The van der Waals surface area contributed by atoms with E-state index in [0.717, 1.165) is 49.8 Å². The molecule has 0 saturated carbocycles. The fourth-order valence-corrected chi connectivity index (χ4v) is 1.59. The van der Waals surface area contributed by atoms with Gasteiger partial charge in [0.25, 0.3) is 0 Å². The Labute approximate surface area is 107 Å². The van der Waals surface area contributed by atoms with E-state index in [9.17, 15) is 0 Å². The van der Waals surface area contributed by atoms with Crippen LogP contribution >= 0.6 is 9.69 Å². The zero-order valence-electron chi connectivity index (χ0n) is 9.51. The van der Waals surface area contributed by atoms with Crippen molar-refractivity contribution < 1.29 is 26.8 Å². The average molecular weight is 284 g/mol. The summed E-state index contributed by atoms with van der Waals surface area (Å²) in [6.07, 6.45) is 7.27. The van der Waals surface area contributed by atoms with E-state index in [1.165, 1.54) is 12.8 Å². The van der Waals surface area contributed by atoms with Crippen molar-refractivity contribution in [3.8, 4) is 0 Å². The zero-order valence-corrected chi connectivity index (χ0v) is 13.2. The van der Waals surface area contributed by atoms with Crippen LogP contribution in [0.5, 0.6) is 0 Å². The zero-order chi connectivity index (χ0) is 11.6. The molecule has 0 unspecified atom stereocenters. The van der Waals surface area contributed by atoms with Gasteiger partial charge in [-0.15, -0.1) is 0 Å². The van der Waals surface area contributed by atoms with Crippen molar-refractivity contribution in [2.24, 2.45) is 0 Å². The van der Waals surface area contributed by atoms with Crippen LogP contribution in [0.2, 0.25) is 0 Å². The standard InChI is InChI=1S/C11H19O2.ClH.Zn/c1-3-4-5-6-7-8-11(2)12-9-10-13-11;;/h1,3H,4-10H2,2H3;1H;/q-1;;+2/p-1. The summed E-state index contributed by atoms with van der Waals surface area (Å²) in [4.78, 5) is 0. The molecule has 1 aliphatic heterocycles. The van der Waals surface area contributed by atoms with Crippen LogP contribution in [0, 0.1) is 6.58 Å². The summed E-state index contributed by atoms with van der Waals surface area (Å²) in [5, 5.41) is 0. The molecule has 0 amide bonds. The van der Waals surface area contributed by atoms with Gasteiger partial charge in [-0.3, -0.25) is 6.08 Å². The van der Waals surface area contributed by atoms with Gasteiger partial charge in [0.15, 0.2) is 5.79 Å². The van der Waals surface area contributed by atoms with Crippen molar-refractivity contribution in [2.45, 2.75) is 44.8 Å². The van der Waals surface area contributed by atoms with Crippen molar-refractivity contribution in [1.82, 2.24) is 0 Å². The summed E-state index contributed by atoms with van der Waals surface area (Å²) in [5.41, 5.74) is 0. The van der Waals surface area contributed by atoms with Gasteiger partial charge in [-0.1, -0.05) is 19.3 Å². The molecule has 0 aromatic carbocycles. The van der Waals surface area contributed by atoms with E-state index in [4.69, 9.17) is 25.7 Å². The summed E-state index contributed by atoms with van der Waals surface area (Å²) in [6.45, 7) is 8.79. The van der Waals surface area contributed by atoms with Gasteiger partial charge >= 0.3 is 27.0 Å². The molecule has 0 aliphatic carbocycles. The Hall–Kier alpha value is 0.573. The van der Waals surface area contributed by atoms with E-state index < -0.39 is 0 Å². The fraction of sp³-hybridized carbons (Fsp3) is 0.818. The van der Waals surface area contributed by atoms with E-state index >= 15 is 0 Å². The number of rotatable bonds is 6. The molecule has 0 spiro atoms. The molecule has 1 heterocycles. The molecule has 1 saturated heterocycles. The Morgan fingerprint density at radius 2 is 1.87 bits per heavy atom. The van der Waals surface area contributed by atoms with Crippen molar-refractivity contribution in [3.05, 3.63) is 12.7 Å². The van der Waals surface area contributed by atoms with Crippen molar-refractivity contribution in [1.29, 1.82) is 0 Å². The average Bonchev–Trinajstić information content (AvgIpc) is 2.68. The molecule has 15 heavy (non-hydrogen) atoms. The molecule has 1 fully saturated rings.